The second kappa shape index (κ2) is 7.77. The minimum Gasteiger partial charge on any atom is -0.495 e. The van der Waals surface area contributed by atoms with Gasteiger partial charge in [0.25, 0.3) is 11.8 Å². The van der Waals surface area contributed by atoms with Crippen LogP contribution in [0.1, 0.15) is 20.7 Å². The molecule has 6 nitrogen and oxygen atoms in total. The Hall–Kier alpha value is -3.03. The maximum Gasteiger partial charge on any atom is 0.260 e. The van der Waals surface area contributed by atoms with Gasteiger partial charge in [0.2, 0.25) is 0 Å². The fourth-order valence-corrected chi connectivity index (χ4v) is 4.33. The summed E-state index contributed by atoms with van der Waals surface area (Å²) in [5, 5.41) is 3.85. The molecule has 2 aromatic carbocycles. The molecule has 0 aliphatic carbocycles. The third-order valence-electron chi connectivity index (χ3n) is 4.51. The van der Waals surface area contributed by atoms with Crippen LogP contribution in [0.2, 0.25) is 5.02 Å². The minimum absolute atomic E-state index is 0.135. The van der Waals surface area contributed by atoms with Crippen LogP contribution in [0.25, 0.3) is 0 Å². The first-order valence-corrected chi connectivity index (χ1v) is 9.87. The van der Waals surface area contributed by atoms with Crippen molar-refractivity contribution in [1.82, 2.24) is 4.98 Å². The summed E-state index contributed by atoms with van der Waals surface area (Å²) in [6.45, 7) is 0. The molecule has 1 aromatic heterocycles. The van der Waals surface area contributed by atoms with E-state index in [1.807, 2.05) is 0 Å². The highest BCUT2D eigenvalue weighted by molar-refractivity contribution is 7.99. The Kier molecular flexibility index (Phi) is 5.17. The first-order valence-electron chi connectivity index (χ1n) is 8.68. The van der Waals surface area contributed by atoms with E-state index in [0.717, 1.165) is 10.6 Å². The highest BCUT2D eigenvalue weighted by Crippen LogP contribution is 2.40. The summed E-state index contributed by atoms with van der Waals surface area (Å²) in [5.74, 6) is 0.114. The molecule has 2 amide bonds. The molecule has 1 aliphatic rings. The van der Waals surface area contributed by atoms with Crippen molar-refractivity contribution in [2.45, 2.75) is 9.92 Å². The van der Waals surface area contributed by atoms with E-state index in [2.05, 4.69) is 10.3 Å². The summed E-state index contributed by atoms with van der Waals surface area (Å²) in [4.78, 5) is 32.1. The Morgan fingerprint density at radius 2 is 2.03 bits per heavy atom. The highest BCUT2D eigenvalue weighted by Gasteiger charge is 2.26. The van der Waals surface area contributed by atoms with Crippen molar-refractivity contribution in [3.05, 3.63) is 70.9 Å². The van der Waals surface area contributed by atoms with Gasteiger partial charge in [0, 0.05) is 29.4 Å². The molecule has 0 fully saturated rings. The van der Waals surface area contributed by atoms with Crippen LogP contribution in [-0.4, -0.2) is 31.0 Å². The van der Waals surface area contributed by atoms with Gasteiger partial charge in [-0.3, -0.25) is 9.59 Å². The number of carbonyl (C=O) groups is 2. The molecule has 0 unspecified atom stereocenters. The maximum atomic E-state index is 12.8. The smallest absolute Gasteiger partial charge is 0.260 e. The topological polar surface area (TPSA) is 71.5 Å². The SMILES string of the molecule is COc1ccc(NC(=O)c2ccc3c(c2)Sc2ncccc2C(=O)N3C)cc1Cl. The number of halogens is 1. The number of methoxy groups -OCH3 is 1. The highest BCUT2D eigenvalue weighted by atomic mass is 35.5. The summed E-state index contributed by atoms with van der Waals surface area (Å²) in [5.41, 5.74) is 2.28. The quantitative estimate of drug-likeness (QED) is 0.656. The zero-order valence-electron chi connectivity index (χ0n) is 15.6. The summed E-state index contributed by atoms with van der Waals surface area (Å²) < 4.78 is 5.13. The molecular weight excluding hydrogens is 410 g/mol. The Labute approximate surface area is 176 Å². The number of aromatic nitrogens is 1. The van der Waals surface area contributed by atoms with Crippen LogP contribution < -0.4 is 15.0 Å². The Bertz CT molecular complexity index is 1140. The minimum atomic E-state index is -0.283. The lowest BCUT2D eigenvalue weighted by atomic mass is 10.1. The standard InChI is InChI=1S/C21H16ClN3O3S/c1-25-16-7-5-12(19(26)24-13-6-8-17(28-2)15(22)11-13)10-18(16)29-20-14(21(25)27)4-3-9-23-20/h3-11H,1-2H3,(H,24,26). The van der Waals surface area contributed by atoms with E-state index in [0.29, 0.717) is 32.6 Å². The normalized spacial score (nSPS) is 12.7. The van der Waals surface area contributed by atoms with Gasteiger partial charge in [-0.25, -0.2) is 4.98 Å². The van der Waals surface area contributed by atoms with Gasteiger partial charge in [-0.15, -0.1) is 0 Å². The van der Waals surface area contributed by atoms with Gasteiger partial charge in [-0.2, -0.15) is 0 Å². The zero-order chi connectivity index (χ0) is 20.5. The van der Waals surface area contributed by atoms with Gasteiger partial charge in [-0.05, 0) is 48.5 Å². The summed E-state index contributed by atoms with van der Waals surface area (Å²) in [7, 11) is 3.24. The fourth-order valence-electron chi connectivity index (χ4n) is 2.99. The van der Waals surface area contributed by atoms with E-state index in [1.165, 1.54) is 18.9 Å². The van der Waals surface area contributed by atoms with Crippen molar-refractivity contribution in [1.29, 1.82) is 0 Å². The molecule has 0 bridgehead atoms. The van der Waals surface area contributed by atoms with E-state index >= 15 is 0 Å². The van der Waals surface area contributed by atoms with Gasteiger partial charge in [0.1, 0.15) is 10.8 Å². The zero-order valence-corrected chi connectivity index (χ0v) is 17.2. The number of ether oxygens (including phenoxy) is 1. The third-order valence-corrected chi connectivity index (χ3v) is 5.87. The average Bonchev–Trinajstić information content (AvgIpc) is 2.83. The summed E-state index contributed by atoms with van der Waals surface area (Å²) in [6, 6.07) is 13.7. The van der Waals surface area contributed by atoms with Crippen LogP contribution in [0.4, 0.5) is 11.4 Å². The number of anilines is 2. The van der Waals surface area contributed by atoms with E-state index in [9.17, 15) is 9.59 Å². The molecule has 3 aromatic rings. The molecule has 0 atom stereocenters. The number of carbonyl (C=O) groups excluding carboxylic acids is 2. The average molecular weight is 426 g/mol. The van der Waals surface area contributed by atoms with Crippen LogP contribution in [-0.2, 0) is 0 Å². The van der Waals surface area contributed by atoms with Gasteiger partial charge < -0.3 is 15.0 Å². The molecule has 29 heavy (non-hydrogen) atoms. The Morgan fingerprint density at radius 1 is 1.21 bits per heavy atom. The monoisotopic (exact) mass is 425 g/mol. The molecule has 4 rings (SSSR count). The molecule has 2 heterocycles. The largest absolute Gasteiger partial charge is 0.495 e. The van der Waals surface area contributed by atoms with Crippen molar-refractivity contribution in [3.8, 4) is 5.75 Å². The lowest BCUT2D eigenvalue weighted by Crippen LogP contribution is -2.26. The Morgan fingerprint density at radius 3 is 2.79 bits per heavy atom. The number of nitrogens with one attached hydrogen (secondary N) is 1. The van der Waals surface area contributed by atoms with Gasteiger partial charge in [0.05, 0.1) is 23.4 Å². The second-order valence-corrected chi connectivity index (χ2v) is 7.75. The van der Waals surface area contributed by atoms with E-state index < -0.39 is 0 Å². The molecule has 0 saturated heterocycles. The molecule has 146 valence electrons. The van der Waals surface area contributed by atoms with Gasteiger partial charge in [-0.1, -0.05) is 23.4 Å². The van der Waals surface area contributed by atoms with E-state index in [4.69, 9.17) is 16.3 Å². The first-order chi connectivity index (χ1) is 14.0. The van der Waals surface area contributed by atoms with Gasteiger partial charge in [0.15, 0.2) is 0 Å². The van der Waals surface area contributed by atoms with Crippen molar-refractivity contribution in [2.24, 2.45) is 0 Å². The summed E-state index contributed by atoms with van der Waals surface area (Å²) >= 11 is 7.49. The van der Waals surface area contributed by atoms with Crippen molar-refractivity contribution in [3.63, 3.8) is 0 Å². The van der Waals surface area contributed by atoms with Gasteiger partial charge >= 0.3 is 0 Å². The van der Waals surface area contributed by atoms with E-state index in [-0.39, 0.29) is 11.8 Å². The molecule has 1 N–H and O–H groups in total. The predicted molar refractivity (Wildman–Crippen MR) is 113 cm³/mol. The number of fused-ring (bicyclic) bond motifs is 2. The lowest BCUT2D eigenvalue weighted by Gasteiger charge is -2.17. The predicted octanol–water partition coefficient (Wildman–Crippen LogP) is 4.74. The first kappa shape index (κ1) is 19.3. The van der Waals surface area contributed by atoms with Crippen molar-refractivity contribution < 1.29 is 14.3 Å². The number of hydrogen-bond donors (Lipinski definition) is 1. The lowest BCUT2D eigenvalue weighted by molar-refractivity contribution is 0.0988. The van der Waals surface area contributed by atoms with Crippen LogP contribution in [0, 0.1) is 0 Å². The van der Waals surface area contributed by atoms with E-state index in [1.54, 1.807) is 66.7 Å². The van der Waals surface area contributed by atoms with Crippen LogP contribution >= 0.6 is 23.4 Å². The fraction of sp³-hybridized carbons (Fsp3) is 0.0952. The maximum absolute atomic E-state index is 12.8. The van der Waals surface area contributed by atoms with Crippen LogP contribution in [0.3, 0.4) is 0 Å². The second-order valence-electron chi connectivity index (χ2n) is 6.31. The number of pyridine rings is 1. The number of rotatable bonds is 3. The van der Waals surface area contributed by atoms with Crippen LogP contribution in [0.15, 0.2) is 64.6 Å². The number of hydrogen-bond acceptors (Lipinski definition) is 5. The molecule has 8 heteroatoms. The van der Waals surface area contributed by atoms with Crippen molar-refractivity contribution >= 4 is 46.6 Å². The molecule has 0 saturated carbocycles. The number of nitrogens with zero attached hydrogens (tertiary/aromatic N) is 2. The molecule has 1 aliphatic heterocycles. The molecule has 0 radical (unpaired) electrons. The molecular formula is C21H16ClN3O3S. The Balaban J connectivity index is 1.65. The number of amides is 2. The molecule has 0 spiro atoms. The van der Waals surface area contributed by atoms with Crippen LogP contribution in [0.5, 0.6) is 5.75 Å². The summed E-state index contributed by atoms with van der Waals surface area (Å²) in [6.07, 6.45) is 1.65. The number of benzene rings is 2. The third kappa shape index (κ3) is 3.66. The van der Waals surface area contributed by atoms with Crippen molar-refractivity contribution in [2.75, 3.05) is 24.4 Å².